The van der Waals surface area contributed by atoms with Crippen molar-refractivity contribution < 1.29 is 18.7 Å². The van der Waals surface area contributed by atoms with Gasteiger partial charge >= 0.3 is 6.09 Å². The second kappa shape index (κ2) is 6.49. The van der Waals surface area contributed by atoms with Crippen molar-refractivity contribution in [3.05, 3.63) is 36.4 Å². The Bertz CT molecular complexity index is 809. The smallest absolute Gasteiger partial charge is 0.409 e. The Morgan fingerprint density at radius 1 is 1.52 bits per heavy atom. The quantitative estimate of drug-likeness (QED) is 0.810. The summed E-state index contributed by atoms with van der Waals surface area (Å²) in [6, 6.07) is 3.97. The molecule has 2 heterocycles. The number of alkyl carbamates (subject to hydrolysis) is 1. The Morgan fingerprint density at radius 2 is 2.28 bits per heavy atom. The summed E-state index contributed by atoms with van der Waals surface area (Å²) in [6.45, 7) is 1.29. The number of halogens is 3. The summed E-state index contributed by atoms with van der Waals surface area (Å²) in [5.41, 5.74) is 0.259. The third kappa shape index (κ3) is 3.52. The molecule has 1 aromatic carbocycles. The van der Waals surface area contributed by atoms with Crippen LogP contribution in [0.25, 0.3) is 5.69 Å². The Balaban J connectivity index is 2.00. The van der Waals surface area contributed by atoms with Gasteiger partial charge in [-0.1, -0.05) is 28.4 Å². The lowest BCUT2D eigenvalue weighted by molar-refractivity contribution is -0.120. The first-order chi connectivity index (χ1) is 11.8. The van der Waals surface area contributed by atoms with Crippen LogP contribution in [0.4, 0.5) is 14.9 Å². The number of anilines is 1. The van der Waals surface area contributed by atoms with Gasteiger partial charge in [0.15, 0.2) is 10.2 Å². The first kappa shape index (κ1) is 17.4. The van der Waals surface area contributed by atoms with Crippen LogP contribution in [0.15, 0.2) is 30.6 Å². The lowest BCUT2D eigenvalue weighted by Gasteiger charge is -2.30. The second-order valence-corrected chi connectivity index (χ2v) is 6.99. The Kier molecular flexibility index (Phi) is 4.53. The molecule has 1 fully saturated rings. The minimum absolute atomic E-state index is 0.0148. The maximum Gasteiger partial charge on any atom is 0.409 e. The molecule has 25 heavy (non-hydrogen) atoms. The van der Waals surface area contributed by atoms with Crippen molar-refractivity contribution >= 4 is 40.9 Å². The molecule has 2 amide bonds. The van der Waals surface area contributed by atoms with Gasteiger partial charge in [0.2, 0.25) is 6.23 Å². The molecule has 1 unspecified atom stereocenters. The maximum absolute atomic E-state index is 14.5. The van der Waals surface area contributed by atoms with Crippen LogP contribution in [0.5, 0.6) is 0 Å². The highest BCUT2D eigenvalue weighted by Gasteiger charge is 2.40. The van der Waals surface area contributed by atoms with E-state index < -0.39 is 28.4 Å². The van der Waals surface area contributed by atoms with Crippen LogP contribution in [0.3, 0.4) is 0 Å². The zero-order valence-electron chi connectivity index (χ0n) is 12.8. The first-order valence-corrected chi connectivity index (χ1v) is 7.85. The SMILES string of the molecule is CC(Cl)(Cl)C(=O)N(c1ccc(-n2ccnn2)c(F)c1)C1CNC(=O)O1. The average molecular weight is 388 g/mol. The number of nitrogens with one attached hydrogen (secondary N) is 1. The molecule has 132 valence electrons. The van der Waals surface area contributed by atoms with Gasteiger partial charge in [-0.3, -0.25) is 9.69 Å². The highest BCUT2D eigenvalue weighted by Crippen LogP contribution is 2.30. The molecule has 1 aliphatic rings. The van der Waals surface area contributed by atoms with E-state index in [4.69, 9.17) is 27.9 Å². The molecule has 1 saturated heterocycles. The third-order valence-electron chi connectivity index (χ3n) is 3.43. The number of ether oxygens (including phenoxy) is 1. The van der Waals surface area contributed by atoms with E-state index in [1.165, 1.54) is 36.1 Å². The summed E-state index contributed by atoms with van der Waals surface area (Å²) < 4.78 is 18.9. The summed E-state index contributed by atoms with van der Waals surface area (Å²) >= 11 is 11.8. The van der Waals surface area contributed by atoms with Crippen LogP contribution in [0, 0.1) is 5.82 Å². The predicted octanol–water partition coefficient (Wildman–Crippen LogP) is 2.00. The highest BCUT2D eigenvalue weighted by atomic mass is 35.5. The van der Waals surface area contributed by atoms with Gasteiger partial charge in [0.25, 0.3) is 5.91 Å². The van der Waals surface area contributed by atoms with E-state index in [9.17, 15) is 14.0 Å². The lowest BCUT2D eigenvalue weighted by Crippen LogP contribution is -2.48. The van der Waals surface area contributed by atoms with Crippen LogP contribution >= 0.6 is 23.2 Å². The highest BCUT2D eigenvalue weighted by molar-refractivity contribution is 6.58. The van der Waals surface area contributed by atoms with Crippen LogP contribution in [0.1, 0.15) is 6.92 Å². The number of hydrogen-bond acceptors (Lipinski definition) is 5. The fourth-order valence-electron chi connectivity index (χ4n) is 2.32. The van der Waals surface area contributed by atoms with Crippen molar-refractivity contribution in [2.75, 3.05) is 11.4 Å². The molecular formula is C14H12Cl2FN5O3. The van der Waals surface area contributed by atoms with E-state index in [1.54, 1.807) is 0 Å². The van der Waals surface area contributed by atoms with Gasteiger partial charge in [-0.25, -0.2) is 13.9 Å². The second-order valence-electron chi connectivity index (χ2n) is 5.29. The molecule has 2 aromatic rings. The molecular weight excluding hydrogens is 376 g/mol. The van der Waals surface area contributed by atoms with E-state index in [1.807, 2.05) is 0 Å². The summed E-state index contributed by atoms with van der Waals surface area (Å²) in [6.07, 6.45) is 1.17. The number of carbonyl (C=O) groups is 2. The normalized spacial score (nSPS) is 17.1. The number of carbonyl (C=O) groups excluding carboxylic acids is 2. The van der Waals surface area contributed by atoms with Gasteiger partial charge in [-0.2, -0.15) is 0 Å². The summed E-state index contributed by atoms with van der Waals surface area (Å²) in [5.74, 6) is -1.42. The molecule has 1 atom stereocenters. The number of nitrogens with zero attached hydrogens (tertiary/aromatic N) is 4. The topological polar surface area (TPSA) is 89.4 Å². The molecule has 8 nitrogen and oxygen atoms in total. The van der Waals surface area contributed by atoms with Gasteiger partial charge in [0.05, 0.1) is 24.6 Å². The molecule has 3 rings (SSSR count). The molecule has 1 N–H and O–H groups in total. The number of rotatable bonds is 4. The number of benzene rings is 1. The number of alkyl halides is 2. The molecule has 0 radical (unpaired) electrons. The molecule has 11 heteroatoms. The zero-order valence-corrected chi connectivity index (χ0v) is 14.3. The van der Waals surface area contributed by atoms with Gasteiger partial charge in [0, 0.05) is 0 Å². The largest absolute Gasteiger partial charge is 0.423 e. The van der Waals surface area contributed by atoms with E-state index in [2.05, 4.69) is 15.6 Å². The van der Waals surface area contributed by atoms with Crippen molar-refractivity contribution in [3.8, 4) is 5.69 Å². The van der Waals surface area contributed by atoms with Crippen molar-refractivity contribution in [2.24, 2.45) is 0 Å². The molecule has 0 aliphatic carbocycles. The summed E-state index contributed by atoms with van der Waals surface area (Å²) in [4.78, 5) is 24.9. The van der Waals surface area contributed by atoms with Crippen LogP contribution in [-0.2, 0) is 9.53 Å². The minimum Gasteiger partial charge on any atom is -0.423 e. The van der Waals surface area contributed by atoms with E-state index in [0.717, 1.165) is 11.0 Å². The lowest BCUT2D eigenvalue weighted by atomic mass is 10.2. The monoisotopic (exact) mass is 387 g/mol. The molecule has 1 aliphatic heterocycles. The number of aromatic nitrogens is 3. The minimum atomic E-state index is -1.80. The maximum atomic E-state index is 14.5. The third-order valence-corrected chi connectivity index (χ3v) is 3.75. The zero-order chi connectivity index (χ0) is 18.2. The van der Waals surface area contributed by atoms with E-state index >= 15 is 0 Å². The number of hydrogen-bond donors (Lipinski definition) is 1. The van der Waals surface area contributed by atoms with Crippen molar-refractivity contribution in [3.63, 3.8) is 0 Å². The number of amides is 2. The van der Waals surface area contributed by atoms with Crippen LogP contribution < -0.4 is 10.2 Å². The molecule has 0 spiro atoms. The summed E-state index contributed by atoms with van der Waals surface area (Å²) in [7, 11) is 0. The van der Waals surface area contributed by atoms with Crippen molar-refractivity contribution in [1.82, 2.24) is 20.3 Å². The van der Waals surface area contributed by atoms with Gasteiger partial charge in [0.1, 0.15) is 5.69 Å². The Hall–Kier alpha value is -2.39. The van der Waals surface area contributed by atoms with Crippen molar-refractivity contribution in [1.29, 1.82) is 0 Å². The standard InChI is InChI=1S/C14H12Cl2FN5O3/c1-14(15,16)12(23)22(11-7-18-13(24)25-11)8-2-3-10(9(17)6-8)21-5-4-19-20-21/h2-6,11H,7H2,1H3,(H,18,24). The Labute approximate surface area is 151 Å². The van der Waals surface area contributed by atoms with Crippen molar-refractivity contribution in [2.45, 2.75) is 17.5 Å². The number of cyclic esters (lactones) is 1. The van der Waals surface area contributed by atoms with Gasteiger partial charge in [-0.05, 0) is 25.1 Å². The summed E-state index contributed by atoms with van der Waals surface area (Å²) in [5, 5.41) is 9.74. The average Bonchev–Trinajstić information content (AvgIpc) is 3.19. The van der Waals surface area contributed by atoms with Crippen LogP contribution in [0.2, 0.25) is 0 Å². The van der Waals surface area contributed by atoms with E-state index in [0.29, 0.717) is 0 Å². The van der Waals surface area contributed by atoms with Crippen LogP contribution in [-0.4, -0.2) is 44.1 Å². The van der Waals surface area contributed by atoms with Gasteiger partial charge < -0.3 is 10.1 Å². The predicted molar refractivity (Wildman–Crippen MR) is 87.2 cm³/mol. The fourth-order valence-corrected chi connectivity index (χ4v) is 2.50. The Morgan fingerprint density at radius 3 is 2.80 bits per heavy atom. The van der Waals surface area contributed by atoms with E-state index in [-0.39, 0.29) is 17.9 Å². The van der Waals surface area contributed by atoms with Gasteiger partial charge in [-0.15, -0.1) is 5.10 Å². The fraction of sp³-hybridized carbons (Fsp3) is 0.286. The molecule has 1 aromatic heterocycles. The first-order valence-electron chi connectivity index (χ1n) is 7.09. The molecule has 0 saturated carbocycles. The molecule has 0 bridgehead atoms.